The van der Waals surface area contributed by atoms with Crippen LogP contribution in [0.2, 0.25) is 0 Å². The van der Waals surface area contributed by atoms with Crippen molar-refractivity contribution in [1.82, 2.24) is 10.2 Å². The van der Waals surface area contributed by atoms with Crippen LogP contribution in [0.15, 0.2) is 0 Å². The SMILES string of the molecule is Cc1nnc(N(C)C2CCC(C)(C)CC2)c(C(=O)O)c1C. The van der Waals surface area contributed by atoms with Crippen LogP contribution in [-0.4, -0.2) is 34.4 Å². The van der Waals surface area contributed by atoms with E-state index in [1.807, 2.05) is 11.9 Å². The molecule has 0 bridgehead atoms. The van der Waals surface area contributed by atoms with E-state index in [0.717, 1.165) is 25.7 Å². The number of hydrogen-bond acceptors (Lipinski definition) is 4. The molecule has 1 aromatic rings. The van der Waals surface area contributed by atoms with E-state index in [0.29, 0.717) is 28.5 Å². The number of nitrogens with zero attached hydrogens (tertiary/aromatic N) is 3. The van der Waals surface area contributed by atoms with Crippen molar-refractivity contribution in [3.63, 3.8) is 0 Å². The molecule has 1 aliphatic rings. The number of aromatic nitrogens is 2. The van der Waals surface area contributed by atoms with Crippen molar-refractivity contribution in [3.05, 3.63) is 16.8 Å². The second-order valence-electron chi connectivity index (χ2n) is 6.92. The van der Waals surface area contributed by atoms with Gasteiger partial charge in [0.1, 0.15) is 5.56 Å². The van der Waals surface area contributed by atoms with Crippen molar-refractivity contribution in [2.45, 2.75) is 59.4 Å². The number of rotatable bonds is 3. The first-order valence-corrected chi connectivity index (χ1v) is 7.53. The summed E-state index contributed by atoms with van der Waals surface area (Å²) in [4.78, 5) is 13.6. The molecule has 0 atom stereocenters. The highest BCUT2D eigenvalue weighted by molar-refractivity contribution is 5.95. The van der Waals surface area contributed by atoms with Crippen LogP contribution in [0.4, 0.5) is 5.82 Å². The number of hydrogen-bond donors (Lipinski definition) is 1. The lowest BCUT2D eigenvalue weighted by molar-refractivity contribution is 0.0695. The molecular formula is C16H25N3O2. The lowest BCUT2D eigenvalue weighted by atomic mass is 9.75. The summed E-state index contributed by atoms with van der Waals surface area (Å²) in [5.41, 5.74) is 2.06. The summed E-state index contributed by atoms with van der Waals surface area (Å²) in [6.07, 6.45) is 4.44. The molecule has 5 nitrogen and oxygen atoms in total. The Morgan fingerprint density at radius 1 is 1.24 bits per heavy atom. The number of anilines is 1. The molecule has 1 N–H and O–H groups in total. The van der Waals surface area contributed by atoms with Gasteiger partial charge in [0.05, 0.1) is 5.69 Å². The summed E-state index contributed by atoms with van der Waals surface area (Å²) in [7, 11) is 1.94. The average Bonchev–Trinajstić information content (AvgIpc) is 2.40. The van der Waals surface area contributed by atoms with Gasteiger partial charge in [0.15, 0.2) is 5.82 Å². The smallest absolute Gasteiger partial charge is 0.339 e. The number of aryl methyl sites for hydroxylation is 1. The molecule has 0 aliphatic heterocycles. The van der Waals surface area contributed by atoms with Crippen LogP contribution in [0.25, 0.3) is 0 Å². The Bertz CT molecular complexity index is 545. The number of carbonyl (C=O) groups is 1. The topological polar surface area (TPSA) is 66.3 Å². The van der Waals surface area contributed by atoms with E-state index in [2.05, 4.69) is 24.0 Å². The minimum Gasteiger partial charge on any atom is -0.478 e. The molecule has 1 saturated carbocycles. The standard InChI is InChI=1S/C16H25N3O2/c1-10-11(2)17-18-14(13(10)15(20)21)19(5)12-6-8-16(3,4)9-7-12/h12H,6-9H2,1-5H3,(H,20,21). The third-order valence-electron chi connectivity index (χ3n) is 4.84. The van der Waals surface area contributed by atoms with Crippen molar-refractivity contribution in [3.8, 4) is 0 Å². The molecule has 0 unspecified atom stereocenters. The zero-order chi connectivity index (χ0) is 15.8. The molecule has 1 fully saturated rings. The Kier molecular flexibility index (Phi) is 4.21. The molecule has 0 aromatic carbocycles. The van der Waals surface area contributed by atoms with Gasteiger partial charge in [0.25, 0.3) is 0 Å². The fourth-order valence-corrected chi connectivity index (χ4v) is 3.04. The molecule has 21 heavy (non-hydrogen) atoms. The van der Waals surface area contributed by atoms with E-state index >= 15 is 0 Å². The first-order valence-electron chi connectivity index (χ1n) is 7.53. The zero-order valence-corrected chi connectivity index (χ0v) is 13.6. The van der Waals surface area contributed by atoms with Gasteiger partial charge in [-0.05, 0) is 50.5 Å². The fraction of sp³-hybridized carbons (Fsp3) is 0.688. The molecule has 1 aliphatic carbocycles. The zero-order valence-electron chi connectivity index (χ0n) is 13.6. The molecule has 0 amide bonds. The summed E-state index contributed by atoms with van der Waals surface area (Å²) in [6.45, 7) is 8.18. The van der Waals surface area contributed by atoms with Gasteiger partial charge in [0.2, 0.25) is 0 Å². The van der Waals surface area contributed by atoms with E-state index in [9.17, 15) is 9.90 Å². The normalized spacial score (nSPS) is 18.5. The molecule has 1 aromatic heterocycles. The van der Waals surface area contributed by atoms with Gasteiger partial charge in [-0.25, -0.2) is 4.79 Å². The third kappa shape index (κ3) is 3.17. The monoisotopic (exact) mass is 291 g/mol. The average molecular weight is 291 g/mol. The quantitative estimate of drug-likeness (QED) is 0.926. The summed E-state index contributed by atoms with van der Waals surface area (Å²) in [5.74, 6) is -0.432. The van der Waals surface area contributed by atoms with Gasteiger partial charge in [-0.2, -0.15) is 5.10 Å². The highest BCUT2D eigenvalue weighted by atomic mass is 16.4. The maximum absolute atomic E-state index is 11.6. The minimum absolute atomic E-state index is 0.287. The molecule has 1 heterocycles. The summed E-state index contributed by atoms with van der Waals surface area (Å²) in [5, 5.41) is 17.8. The second kappa shape index (κ2) is 5.62. The van der Waals surface area contributed by atoms with Crippen LogP contribution in [0.3, 0.4) is 0 Å². The van der Waals surface area contributed by atoms with Gasteiger partial charge in [-0.15, -0.1) is 5.10 Å². The lowest BCUT2D eigenvalue weighted by Crippen LogP contribution is -2.38. The predicted octanol–water partition coefficient (Wildman–Crippen LogP) is 3.20. The van der Waals surface area contributed by atoms with Crippen LogP contribution >= 0.6 is 0 Å². The Balaban J connectivity index is 2.30. The van der Waals surface area contributed by atoms with Crippen molar-refractivity contribution in [2.75, 3.05) is 11.9 Å². The molecule has 5 heteroatoms. The number of carboxylic acid groups (broad SMARTS) is 1. The van der Waals surface area contributed by atoms with Crippen LogP contribution in [-0.2, 0) is 0 Å². The number of aromatic carboxylic acids is 1. The highest BCUT2D eigenvalue weighted by Gasteiger charge is 2.31. The predicted molar refractivity (Wildman–Crippen MR) is 82.9 cm³/mol. The second-order valence-corrected chi connectivity index (χ2v) is 6.92. The molecule has 116 valence electrons. The summed E-state index contributed by atoms with van der Waals surface area (Å²) < 4.78 is 0. The van der Waals surface area contributed by atoms with E-state index in [4.69, 9.17) is 0 Å². The van der Waals surface area contributed by atoms with Gasteiger partial charge in [-0.1, -0.05) is 13.8 Å². The maximum atomic E-state index is 11.6. The maximum Gasteiger partial charge on any atom is 0.339 e. The Labute approximate surface area is 126 Å². The molecule has 0 radical (unpaired) electrons. The molecule has 2 rings (SSSR count). The first-order chi connectivity index (χ1) is 9.73. The molecular weight excluding hydrogens is 266 g/mol. The summed E-state index contributed by atoms with van der Waals surface area (Å²) in [6, 6.07) is 0.340. The van der Waals surface area contributed by atoms with Crippen molar-refractivity contribution >= 4 is 11.8 Å². The first kappa shape index (κ1) is 15.7. The van der Waals surface area contributed by atoms with E-state index < -0.39 is 5.97 Å². The van der Waals surface area contributed by atoms with Crippen LogP contribution < -0.4 is 4.90 Å². The van der Waals surface area contributed by atoms with Gasteiger partial charge >= 0.3 is 5.97 Å². The van der Waals surface area contributed by atoms with Gasteiger partial charge < -0.3 is 10.0 Å². The van der Waals surface area contributed by atoms with Crippen molar-refractivity contribution in [1.29, 1.82) is 0 Å². The van der Waals surface area contributed by atoms with Crippen LogP contribution in [0.1, 0.15) is 61.1 Å². The summed E-state index contributed by atoms with van der Waals surface area (Å²) >= 11 is 0. The largest absolute Gasteiger partial charge is 0.478 e. The van der Waals surface area contributed by atoms with Gasteiger partial charge in [-0.3, -0.25) is 0 Å². The van der Waals surface area contributed by atoms with Crippen molar-refractivity contribution < 1.29 is 9.90 Å². The van der Waals surface area contributed by atoms with Crippen LogP contribution in [0.5, 0.6) is 0 Å². The Morgan fingerprint density at radius 2 is 1.81 bits per heavy atom. The third-order valence-corrected chi connectivity index (χ3v) is 4.84. The van der Waals surface area contributed by atoms with E-state index in [1.54, 1.807) is 13.8 Å². The van der Waals surface area contributed by atoms with Crippen LogP contribution in [0, 0.1) is 19.3 Å². The fourth-order valence-electron chi connectivity index (χ4n) is 3.04. The molecule has 0 saturated heterocycles. The van der Waals surface area contributed by atoms with Gasteiger partial charge in [0, 0.05) is 13.1 Å². The minimum atomic E-state index is -0.927. The Morgan fingerprint density at radius 3 is 2.33 bits per heavy atom. The number of carboxylic acids is 1. The molecule has 0 spiro atoms. The van der Waals surface area contributed by atoms with E-state index in [-0.39, 0.29) is 5.56 Å². The Hall–Kier alpha value is -1.65. The lowest BCUT2D eigenvalue weighted by Gasteiger charge is -2.39. The highest BCUT2D eigenvalue weighted by Crippen LogP contribution is 2.38. The van der Waals surface area contributed by atoms with Crippen molar-refractivity contribution in [2.24, 2.45) is 5.41 Å². The van der Waals surface area contributed by atoms with E-state index in [1.165, 1.54) is 0 Å².